The van der Waals surface area contributed by atoms with Crippen LogP contribution in [0.25, 0.3) is 5.65 Å². The molecule has 2 heterocycles. The van der Waals surface area contributed by atoms with Gasteiger partial charge in [0, 0.05) is 11.2 Å². The monoisotopic (exact) mass is 316 g/mol. The number of hydrogen-bond donors (Lipinski definition) is 0. The highest BCUT2D eigenvalue weighted by Gasteiger charge is 2.12. The maximum atomic E-state index is 11.7. The number of halogens is 1. The molecule has 0 saturated heterocycles. The Morgan fingerprint density at radius 3 is 2.73 bits per heavy atom. The number of carbonyl (C=O) groups is 1. The molecule has 0 spiro atoms. The normalized spacial score (nSPS) is 10.6. The summed E-state index contributed by atoms with van der Waals surface area (Å²) in [6.45, 7) is 0.296. The predicted molar refractivity (Wildman–Crippen MR) is 82.3 cm³/mol. The van der Waals surface area contributed by atoms with E-state index < -0.39 is 5.97 Å². The molecule has 1 aromatic carbocycles. The molecule has 3 rings (SSSR count). The van der Waals surface area contributed by atoms with Gasteiger partial charge in [0.25, 0.3) is 0 Å². The largest absolute Gasteiger partial charge is 0.487 e. The first kappa shape index (κ1) is 14.4. The second-order valence-corrected chi connectivity index (χ2v) is 5.04. The minimum atomic E-state index is -0.409. The lowest BCUT2D eigenvalue weighted by atomic mass is 10.3. The van der Waals surface area contributed by atoms with Crippen molar-refractivity contribution in [2.24, 2.45) is 0 Å². The van der Waals surface area contributed by atoms with Crippen molar-refractivity contribution in [1.82, 2.24) is 9.38 Å². The summed E-state index contributed by atoms with van der Waals surface area (Å²) in [6.07, 6.45) is 1.76. The Hall–Kier alpha value is -2.53. The Bertz CT molecular complexity index is 812. The number of hydrogen-bond acceptors (Lipinski definition) is 4. The van der Waals surface area contributed by atoms with Crippen LogP contribution in [-0.4, -0.2) is 22.5 Å². The highest BCUT2D eigenvalue weighted by Crippen LogP contribution is 2.17. The van der Waals surface area contributed by atoms with Crippen molar-refractivity contribution in [2.75, 3.05) is 7.11 Å². The fourth-order valence-corrected chi connectivity index (χ4v) is 2.22. The van der Waals surface area contributed by atoms with Crippen LogP contribution in [-0.2, 0) is 11.3 Å². The van der Waals surface area contributed by atoms with Crippen LogP contribution in [0.2, 0.25) is 5.02 Å². The number of esters is 1. The smallest absolute Gasteiger partial charge is 0.355 e. The summed E-state index contributed by atoms with van der Waals surface area (Å²) in [5, 5.41) is 0.655. The molecule has 0 saturated carbocycles. The SMILES string of the molecule is COC(=O)c1cccc2nc(COc3ccc(Cl)cc3)cn12. The third kappa shape index (κ3) is 2.89. The van der Waals surface area contributed by atoms with Crippen molar-refractivity contribution in [3.05, 3.63) is 65.1 Å². The number of ether oxygens (including phenoxy) is 2. The summed E-state index contributed by atoms with van der Waals surface area (Å²) in [4.78, 5) is 16.2. The standard InChI is InChI=1S/C16H13ClN2O3/c1-21-16(20)14-3-2-4-15-18-12(9-19(14)15)10-22-13-7-5-11(17)6-8-13/h2-9H,10H2,1H3. The Labute approximate surface area is 132 Å². The van der Waals surface area contributed by atoms with Gasteiger partial charge in [-0.2, -0.15) is 0 Å². The molecule has 0 amide bonds. The molecule has 0 unspecified atom stereocenters. The molecule has 112 valence electrons. The molecule has 5 nitrogen and oxygen atoms in total. The van der Waals surface area contributed by atoms with E-state index in [-0.39, 0.29) is 0 Å². The molecule has 0 bridgehead atoms. The molecule has 0 aliphatic carbocycles. The van der Waals surface area contributed by atoms with Crippen molar-refractivity contribution in [3.63, 3.8) is 0 Å². The third-order valence-electron chi connectivity index (χ3n) is 3.14. The van der Waals surface area contributed by atoms with E-state index in [1.807, 2.05) is 6.07 Å². The van der Waals surface area contributed by atoms with E-state index in [9.17, 15) is 4.79 Å². The van der Waals surface area contributed by atoms with Gasteiger partial charge in [0.1, 0.15) is 23.7 Å². The van der Waals surface area contributed by atoms with Crippen LogP contribution >= 0.6 is 11.6 Å². The number of nitrogens with zero attached hydrogens (tertiary/aromatic N) is 2. The Balaban J connectivity index is 1.83. The molecule has 2 aromatic heterocycles. The van der Waals surface area contributed by atoms with Gasteiger partial charge in [-0.15, -0.1) is 0 Å². The summed E-state index contributed by atoms with van der Waals surface area (Å²) in [6, 6.07) is 12.4. The quantitative estimate of drug-likeness (QED) is 0.693. The lowest BCUT2D eigenvalue weighted by Gasteiger charge is -2.03. The van der Waals surface area contributed by atoms with Crippen LogP contribution in [0.1, 0.15) is 16.2 Å². The topological polar surface area (TPSA) is 52.8 Å². The third-order valence-corrected chi connectivity index (χ3v) is 3.39. The lowest BCUT2D eigenvalue weighted by molar-refractivity contribution is 0.0592. The van der Waals surface area contributed by atoms with E-state index in [0.717, 1.165) is 0 Å². The molecule has 6 heteroatoms. The highest BCUT2D eigenvalue weighted by molar-refractivity contribution is 6.30. The molecule has 0 radical (unpaired) electrons. The first-order valence-corrected chi connectivity index (χ1v) is 6.99. The number of methoxy groups -OCH3 is 1. The minimum Gasteiger partial charge on any atom is -0.487 e. The number of pyridine rings is 1. The first-order valence-electron chi connectivity index (χ1n) is 6.61. The number of aromatic nitrogens is 2. The zero-order valence-electron chi connectivity index (χ0n) is 11.8. The van der Waals surface area contributed by atoms with Gasteiger partial charge in [0.2, 0.25) is 0 Å². The van der Waals surface area contributed by atoms with Crippen molar-refractivity contribution < 1.29 is 14.3 Å². The van der Waals surface area contributed by atoms with Crippen molar-refractivity contribution in [2.45, 2.75) is 6.61 Å². The van der Waals surface area contributed by atoms with E-state index in [1.165, 1.54) is 7.11 Å². The number of carbonyl (C=O) groups excluding carboxylic acids is 1. The van der Waals surface area contributed by atoms with E-state index in [4.69, 9.17) is 21.1 Å². The zero-order valence-corrected chi connectivity index (χ0v) is 12.6. The van der Waals surface area contributed by atoms with Crippen molar-refractivity contribution >= 4 is 23.2 Å². The van der Waals surface area contributed by atoms with Crippen LogP contribution < -0.4 is 4.74 Å². The van der Waals surface area contributed by atoms with Gasteiger partial charge in [0.15, 0.2) is 0 Å². The van der Waals surface area contributed by atoms with Crippen LogP contribution in [0.15, 0.2) is 48.7 Å². The fraction of sp³-hybridized carbons (Fsp3) is 0.125. The molecule has 0 fully saturated rings. The summed E-state index contributed by atoms with van der Waals surface area (Å²) in [5.41, 5.74) is 1.80. The van der Waals surface area contributed by atoms with Crippen LogP contribution in [0.3, 0.4) is 0 Å². The number of rotatable bonds is 4. The minimum absolute atomic E-state index is 0.296. The molecule has 22 heavy (non-hydrogen) atoms. The summed E-state index contributed by atoms with van der Waals surface area (Å²) < 4.78 is 12.1. The Morgan fingerprint density at radius 1 is 1.23 bits per heavy atom. The van der Waals surface area contributed by atoms with E-state index in [0.29, 0.717) is 34.4 Å². The lowest BCUT2D eigenvalue weighted by Crippen LogP contribution is -2.07. The summed E-state index contributed by atoms with van der Waals surface area (Å²) >= 11 is 5.83. The van der Waals surface area contributed by atoms with Crippen molar-refractivity contribution in [1.29, 1.82) is 0 Å². The number of benzene rings is 1. The maximum Gasteiger partial charge on any atom is 0.355 e. The predicted octanol–water partition coefficient (Wildman–Crippen LogP) is 3.35. The summed E-state index contributed by atoms with van der Waals surface area (Å²) in [7, 11) is 1.35. The Morgan fingerprint density at radius 2 is 2.00 bits per heavy atom. The highest BCUT2D eigenvalue weighted by atomic mass is 35.5. The van der Waals surface area contributed by atoms with Gasteiger partial charge < -0.3 is 9.47 Å². The maximum absolute atomic E-state index is 11.7. The second-order valence-electron chi connectivity index (χ2n) is 4.61. The van der Waals surface area contributed by atoms with E-state index in [1.54, 1.807) is 47.0 Å². The number of imidazole rings is 1. The second kappa shape index (κ2) is 6.07. The van der Waals surface area contributed by atoms with Gasteiger partial charge in [-0.1, -0.05) is 17.7 Å². The van der Waals surface area contributed by atoms with E-state index in [2.05, 4.69) is 4.98 Å². The average Bonchev–Trinajstić information content (AvgIpc) is 2.96. The summed E-state index contributed by atoms with van der Waals surface area (Å²) in [5.74, 6) is 0.294. The van der Waals surface area contributed by atoms with Crippen LogP contribution in [0, 0.1) is 0 Å². The van der Waals surface area contributed by atoms with E-state index >= 15 is 0 Å². The molecular formula is C16H13ClN2O3. The van der Waals surface area contributed by atoms with Crippen molar-refractivity contribution in [3.8, 4) is 5.75 Å². The first-order chi connectivity index (χ1) is 10.7. The van der Waals surface area contributed by atoms with Gasteiger partial charge in [-0.3, -0.25) is 4.40 Å². The molecule has 0 aliphatic heterocycles. The van der Waals surface area contributed by atoms with Crippen LogP contribution in [0.4, 0.5) is 0 Å². The fourth-order valence-electron chi connectivity index (χ4n) is 2.09. The number of fused-ring (bicyclic) bond motifs is 1. The van der Waals surface area contributed by atoms with Gasteiger partial charge in [-0.05, 0) is 36.4 Å². The Kier molecular flexibility index (Phi) is 3.98. The average molecular weight is 317 g/mol. The molecule has 0 N–H and O–H groups in total. The van der Waals surface area contributed by atoms with Gasteiger partial charge in [0.05, 0.1) is 12.8 Å². The zero-order chi connectivity index (χ0) is 15.5. The van der Waals surface area contributed by atoms with Gasteiger partial charge in [-0.25, -0.2) is 9.78 Å². The molecule has 0 aliphatic rings. The van der Waals surface area contributed by atoms with Crippen LogP contribution in [0.5, 0.6) is 5.75 Å². The molecular weight excluding hydrogens is 304 g/mol. The van der Waals surface area contributed by atoms with Gasteiger partial charge >= 0.3 is 5.97 Å². The molecule has 3 aromatic rings. The molecule has 0 atom stereocenters.